The largest absolute Gasteiger partial charge is 0.355 e. The van der Waals surface area contributed by atoms with Crippen LogP contribution in [0.1, 0.15) is 19.4 Å². The molecule has 1 heterocycles. The van der Waals surface area contributed by atoms with Gasteiger partial charge in [-0.05, 0) is 31.5 Å². The molecule has 2 nitrogen and oxygen atoms in total. The first-order valence-electron chi connectivity index (χ1n) is 4.78. The van der Waals surface area contributed by atoms with Crippen LogP contribution in [0, 0.1) is 0 Å². The van der Waals surface area contributed by atoms with Crippen molar-refractivity contribution in [1.82, 2.24) is 5.32 Å². The summed E-state index contributed by atoms with van der Waals surface area (Å²) in [6.07, 6.45) is 0. The number of benzene rings is 1. The van der Waals surface area contributed by atoms with Gasteiger partial charge in [0.1, 0.15) is 5.72 Å². The maximum Gasteiger partial charge on any atom is 0.142 e. The zero-order valence-electron chi connectivity index (χ0n) is 8.79. The van der Waals surface area contributed by atoms with E-state index < -0.39 is 0 Å². The lowest BCUT2D eigenvalue weighted by Crippen LogP contribution is -2.37. The van der Waals surface area contributed by atoms with Crippen LogP contribution in [0.2, 0.25) is 0 Å². The smallest absolute Gasteiger partial charge is 0.142 e. The molecule has 1 fully saturated rings. The third-order valence-corrected chi connectivity index (χ3v) is 3.01. The van der Waals surface area contributed by atoms with E-state index in [1.54, 1.807) is 0 Å². The van der Waals surface area contributed by atoms with Crippen LogP contribution >= 0.6 is 28.3 Å². The van der Waals surface area contributed by atoms with Crippen molar-refractivity contribution in [3.05, 3.63) is 34.3 Å². The van der Waals surface area contributed by atoms with E-state index in [4.69, 9.17) is 4.74 Å². The third kappa shape index (κ3) is 2.72. The lowest BCUT2D eigenvalue weighted by molar-refractivity contribution is 0.00232. The molecule has 2 rings (SSSR count). The molecule has 15 heavy (non-hydrogen) atoms. The number of hydrogen-bond donors (Lipinski definition) is 1. The van der Waals surface area contributed by atoms with Crippen LogP contribution in [-0.4, -0.2) is 12.6 Å². The molecule has 0 saturated carbocycles. The van der Waals surface area contributed by atoms with E-state index in [-0.39, 0.29) is 18.1 Å². The van der Waals surface area contributed by atoms with Crippen molar-refractivity contribution in [3.8, 4) is 0 Å². The molecular formula is C11H15BrClNO. The zero-order valence-corrected chi connectivity index (χ0v) is 11.2. The average molecular weight is 293 g/mol. The lowest BCUT2D eigenvalue weighted by atomic mass is 10.1. The topological polar surface area (TPSA) is 21.3 Å². The molecule has 1 saturated heterocycles. The molecule has 1 aliphatic heterocycles. The number of hydrogen-bond acceptors (Lipinski definition) is 2. The highest BCUT2D eigenvalue weighted by molar-refractivity contribution is 9.10. The summed E-state index contributed by atoms with van der Waals surface area (Å²) in [5.74, 6) is 0. The number of halogens is 2. The second kappa shape index (κ2) is 4.83. The van der Waals surface area contributed by atoms with Crippen molar-refractivity contribution in [2.24, 2.45) is 0 Å². The van der Waals surface area contributed by atoms with E-state index in [9.17, 15) is 0 Å². The zero-order chi connectivity index (χ0) is 10.2. The van der Waals surface area contributed by atoms with Gasteiger partial charge in [0, 0.05) is 10.5 Å². The van der Waals surface area contributed by atoms with Gasteiger partial charge in [0.15, 0.2) is 0 Å². The standard InChI is InChI=1S/C11H14BrNO.ClH/c1-8-7-14-11(2,13-8)9-4-3-5-10(12)6-9;/h3-6,8,13H,7H2,1-2H3;1H. The molecule has 1 N–H and O–H groups in total. The molecule has 2 unspecified atom stereocenters. The summed E-state index contributed by atoms with van der Waals surface area (Å²) in [7, 11) is 0. The van der Waals surface area contributed by atoms with Gasteiger partial charge in [0.05, 0.1) is 6.61 Å². The van der Waals surface area contributed by atoms with Gasteiger partial charge < -0.3 is 4.74 Å². The van der Waals surface area contributed by atoms with E-state index in [2.05, 4.69) is 47.2 Å². The fourth-order valence-corrected chi connectivity index (χ4v) is 2.20. The van der Waals surface area contributed by atoms with Crippen molar-refractivity contribution in [2.45, 2.75) is 25.6 Å². The Bertz CT molecular complexity index is 347. The summed E-state index contributed by atoms with van der Waals surface area (Å²) in [6.45, 7) is 4.96. The van der Waals surface area contributed by atoms with Gasteiger partial charge >= 0.3 is 0 Å². The molecule has 4 heteroatoms. The maximum atomic E-state index is 5.76. The Morgan fingerprint density at radius 2 is 2.27 bits per heavy atom. The van der Waals surface area contributed by atoms with Crippen molar-refractivity contribution in [3.63, 3.8) is 0 Å². The van der Waals surface area contributed by atoms with Crippen molar-refractivity contribution >= 4 is 28.3 Å². The van der Waals surface area contributed by atoms with E-state index in [1.807, 2.05) is 12.1 Å². The predicted molar refractivity (Wildman–Crippen MR) is 67.3 cm³/mol. The van der Waals surface area contributed by atoms with Crippen LogP contribution in [0.15, 0.2) is 28.7 Å². The number of nitrogens with one attached hydrogen (secondary N) is 1. The Kier molecular flexibility index (Phi) is 4.18. The number of ether oxygens (including phenoxy) is 1. The monoisotopic (exact) mass is 291 g/mol. The summed E-state index contributed by atoms with van der Waals surface area (Å²) < 4.78 is 6.85. The molecule has 1 aromatic rings. The Labute approximate surface area is 105 Å². The lowest BCUT2D eigenvalue weighted by Gasteiger charge is -2.24. The quantitative estimate of drug-likeness (QED) is 0.859. The number of rotatable bonds is 1. The highest BCUT2D eigenvalue weighted by atomic mass is 79.9. The molecule has 0 bridgehead atoms. The fourth-order valence-electron chi connectivity index (χ4n) is 1.80. The van der Waals surface area contributed by atoms with Gasteiger partial charge in [0.25, 0.3) is 0 Å². The Hall–Kier alpha value is -0.0900. The predicted octanol–water partition coefficient (Wildman–Crippen LogP) is 3.05. The normalized spacial score (nSPS) is 29.9. The van der Waals surface area contributed by atoms with E-state index in [0.29, 0.717) is 6.04 Å². The van der Waals surface area contributed by atoms with Crippen molar-refractivity contribution in [1.29, 1.82) is 0 Å². The molecule has 1 aliphatic rings. The van der Waals surface area contributed by atoms with Crippen LogP contribution in [0.5, 0.6) is 0 Å². The molecular weight excluding hydrogens is 277 g/mol. The van der Waals surface area contributed by atoms with Crippen LogP contribution in [0.3, 0.4) is 0 Å². The second-order valence-corrected chi connectivity index (χ2v) is 4.82. The maximum absolute atomic E-state index is 5.76. The van der Waals surface area contributed by atoms with Crippen LogP contribution in [0.25, 0.3) is 0 Å². The first kappa shape index (κ1) is 13.0. The summed E-state index contributed by atoms with van der Waals surface area (Å²) in [4.78, 5) is 0. The van der Waals surface area contributed by atoms with Gasteiger partial charge in [-0.25, -0.2) is 0 Å². The first-order chi connectivity index (χ1) is 6.60. The van der Waals surface area contributed by atoms with Crippen LogP contribution in [0.4, 0.5) is 0 Å². The minimum Gasteiger partial charge on any atom is -0.355 e. The molecule has 0 spiro atoms. The minimum absolute atomic E-state index is 0. The van der Waals surface area contributed by atoms with Crippen LogP contribution in [-0.2, 0) is 10.5 Å². The van der Waals surface area contributed by atoms with Crippen molar-refractivity contribution in [2.75, 3.05) is 6.61 Å². The van der Waals surface area contributed by atoms with Gasteiger partial charge in [-0.2, -0.15) is 0 Å². The molecule has 0 aliphatic carbocycles. The molecule has 84 valence electrons. The average Bonchev–Trinajstić information content (AvgIpc) is 2.48. The SMILES string of the molecule is CC1COC(C)(c2cccc(Br)c2)N1.Cl. The van der Waals surface area contributed by atoms with Gasteiger partial charge in [-0.3, -0.25) is 5.32 Å². The second-order valence-electron chi connectivity index (χ2n) is 3.90. The Morgan fingerprint density at radius 1 is 1.53 bits per heavy atom. The fraction of sp³-hybridized carbons (Fsp3) is 0.455. The van der Waals surface area contributed by atoms with E-state index >= 15 is 0 Å². The Morgan fingerprint density at radius 3 is 2.80 bits per heavy atom. The van der Waals surface area contributed by atoms with Gasteiger partial charge in [-0.1, -0.05) is 28.1 Å². The highest BCUT2D eigenvalue weighted by Gasteiger charge is 2.34. The molecule has 0 aromatic heterocycles. The summed E-state index contributed by atoms with van der Waals surface area (Å²) in [5.41, 5.74) is 0.833. The van der Waals surface area contributed by atoms with E-state index in [1.165, 1.54) is 0 Å². The highest BCUT2D eigenvalue weighted by Crippen LogP contribution is 2.29. The summed E-state index contributed by atoms with van der Waals surface area (Å²) >= 11 is 3.47. The molecule has 1 aromatic carbocycles. The van der Waals surface area contributed by atoms with Gasteiger partial charge in [0.2, 0.25) is 0 Å². The Balaban J connectivity index is 0.00000112. The third-order valence-electron chi connectivity index (χ3n) is 2.52. The van der Waals surface area contributed by atoms with Crippen LogP contribution < -0.4 is 5.32 Å². The molecule has 0 radical (unpaired) electrons. The van der Waals surface area contributed by atoms with E-state index in [0.717, 1.165) is 16.6 Å². The first-order valence-corrected chi connectivity index (χ1v) is 5.57. The summed E-state index contributed by atoms with van der Waals surface area (Å²) in [6, 6.07) is 8.63. The summed E-state index contributed by atoms with van der Waals surface area (Å²) in [5, 5.41) is 3.43. The minimum atomic E-state index is -0.330. The van der Waals surface area contributed by atoms with Crippen molar-refractivity contribution < 1.29 is 4.74 Å². The van der Waals surface area contributed by atoms with Gasteiger partial charge in [-0.15, -0.1) is 12.4 Å². The molecule has 2 atom stereocenters. The molecule has 0 amide bonds.